The first-order valence-electron chi connectivity index (χ1n) is 5.66. The van der Waals surface area contributed by atoms with E-state index in [2.05, 4.69) is 15.3 Å². The van der Waals surface area contributed by atoms with E-state index in [-0.39, 0.29) is 5.56 Å². The van der Waals surface area contributed by atoms with E-state index < -0.39 is 0 Å². The highest BCUT2D eigenvalue weighted by atomic mass is 16.1. The standard InChI is InChI=1S/C11H18N4O/c1-15(2)10-7-11(16)14-9(13-10)6-8-4-3-5-12-8/h7-8,12H,3-6H2,1-2H3,(H,13,14,16). The highest BCUT2D eigenvalue weighted by molar-refractivity contribution is 5.34. The van der Waals surface area contributed by atoms with Gasteiger partial charge in [0.1, 0.15) is 11.6 Å². The third-order valence-corrected chi connectivity index (χ3v) is 2.84. The van der Waals surface area contributed by atoms with Gasteiger partial charge in [0.25, 0.3) is 5.56 Å². The molecule has 88 valence electrons. The lowest BCUT2D eigenvalue weighted by Crippen LogP contribution is -2.27. The van der Waals surface area contributed by atoms with Gasteiger partial charge in [0.05, 0.1) is 0 Å². The van der Waals surface area contributed by atoms with Gasteiger partial charge in [0.2, 0.25) is 0 Å². The van der Waals surface area contributed by atoms with Gasteiger partial charge in [-0.2, -0.15) is 0 Å². The number of hydrogen-bond acceptors (Lipinski definition) is 4. The van der Waals surface area contributed by atoms with Gasteiger partial charge in [-0.15, -0.1) is 0 Å². The zero-order chi connectivity index (χ0) is 11.5. The second kappa shape index (κ2) is 4.65. The molecule has 0 spiro atoms. The molecule has 1 aliphatic rings. The first kappa shape index (κ1) is 11.1. The molecule has 1 aromatic rings. The molecule has 0 amide bonds. The minimum atomic E-state index is -0.0771. The molecule has 1 unspecified atom stereocenters. The lowest BCUT2D eigenvalue weighted by Gasteiger charge is -2.13. The van der Waals surface area contributed by atoms with E-state index >= 15 is 0 Å². The minimum absolute atomic E-state index is 0.0771. The highest BCUT2D eigenvalue weighted by Crippen LogP contribution is 2.10. The van der Waals surface area contributed by atoms with Gasteiger partial charge in [0.15, 0.2) is 0 Å². The molecule has 1 fully saturated rings. The number of hydrogen-bond donors (Lipinski definition) is 2. The third-order valence-electron chi connectivity index (χ3n) is 2.84. The maximum absolute atomic E-state index is 11.4. The summed E-state index contributed by atoms with van der Waals surface area (Å²) in [5, 5.41) is 3.40. The molecule has 2 heterocycles. The van der Waals surface area contributed by atoms with Crippen LogP contribution in [0, 0.1) is 0 Å². The van der Waals surface area contributed by atoms with Gasteiger partial charge in [-0.25, -0.2) is 4.98 Å². The van der Waals surface area contributed by atoms with E-state index in [0.717, 1.165) is 31.0 Å². The number of nitrogens with one attached hydrogen (secondary N) is 2. The van der Waals surface area contributed by atoms with Crippen molar-refractivity contribution in [3.63, 3.8) is 0 Å². The van der Waals surface area contributed by atoms with Crippen LogP contribution in [0.1, 0.15) is 18.7 Å². The van der Waals surface area contributed by atoms with Crippen molar-refractivity contribution >= 4 is 5.82 Å². The summed E-state index contributed by atoms with van der Waals surface area (Å²) >= 11 is 0. The third kappa shape index (κ3) is 2.61. The molecule has 2 N–H and O–H groups in total. The van der Waals surface area contributed by atoms with E-state index in [4.69, 9.17) is 0 Å². The molecule has 1 aliphatic heterocycles. The Bertz CT molecular complexity index is 407. The van der Waals surface area contributed by atoms with Crippen molar-refractivity contribution in [1.29, 1.82) is 0 Å². The summed E-state index contributed by atoms with van der Waals surface area (Å²) in [5.41, 5.74) is -0.0771. The molecule has 5 heteroatoms. The van der Waals surface area contributed by atoms with E-state index in [0.29, 0.717) is 6.04 Å². The second-order valence-electron chi connectivity index (χ2n) is 4.44. The van der Waals surface area contributed by atoms with Crippen molar-refractivity contribution in [3.8, 4) is 0 Å². The first-order valence-corrected chi connectivity index (χ1v) is 5.66. The summed E-state index contributed by atoms with van der Waals surface area (Å²) in [6.07, 6.45) is 3.18. The van der Waals surface area contributed by atoms with Crippen LogP contribution in [0.25, 0.3) is 0 Å². The molecule has 0 radical (unpaired) electrons. The Morgan fingerprint density at radius 2 is 2.38 bits per heavy atom. The zero-order valence-electron chi connectivity index (χ0n) is 9.79. The van der Waals surface area contributed by atoms with E-state index in [1.54, 1.807) is 0 Å². The van der Waals surface area contributed by atoms with Gasteiger partial charge >= 0.3 is 0 Å². The molecule has 2 rings (SSSR count). The van der Waals surface area contributed by atoms with E-state index in [1.165, 1.54) is 12.5 Å². The lowest BCUT2D eigenvalue weighted by molar-refractivity contribution is 0.584. The first-order chi connectivity index (χ1) is 7.65. The molecule has 16 heavy (non-hydrogen) atoms. The summed E-state index contributed by atoms with van der Waals surface area (Å²) in [6.45, 7) is 1.07. The Morgan fingerprint density at radius 3 is 3.00 bits per heavy atom. The molecule has 5 nitrogen and oxygen atoms in total. The molecule has 0 aliphatic carbocycles. The summed E-state index contributed by atoms with van der Waals surface area (Å²) in [5.74, 6) is 1.49. The molecular weight excluding hydrogens is 204 g/mol. The quantitative estimate of drug-likeness (QED) is 0.763. The van der Waals surface area contributed by atoms with Crippen molar-refractivity contribution in [3.05, 3.63) is 22.2 Å². The van der Waals surface area contributed by atoms with Gasteiger partial charge in [-0.3, -0.25) is 4.79 Å². The number of aromatic nitrogens is 2. The van der Waals surface area contributed by atoms with Crippen LogP contribution in [0.3, 0.4) is 0 Å². The fraction of sp³-hybridized carbons (Fsp3) is 0.636. The molecule has 1 saturated heterocycles. The van der Waals surface area contributed by atoms with Crippen LogP contribution in [0.2, 0.25) is 0 Å². The molecule has 1 aromatic heterocycles. The summed E-state index contributed by atoms with van der Waals surface area (Å²) in [7, 11) is 3.78. The SMILES string of the molecule is CN(C)c1cc(=O)[nH]c(CC2CCCN2)n1. The largest absolute Gasteiger partial charge is 0.363 e. The van der Waals surface area contributed by atoms with Gasteiger partial charge in [0, 0.05) is 32.6 Å². The Labute approximate surface area is 94.9 Å². The predicted molar refractivity (Wildman–Crippen MR) is 63.9 cm³/mol. The highest BCUT2D eigenvalue weighted by Gasteiger charge is 2.16. The molecule has 1 atom stereocenters. The predicted octanol–water partition coefficient (Wildman–Crippen LogP) is 0.130. The molecule has 0 aromatic carbocycles. The van der Waals surface area contributed by atoms with Gasteiger partial charge in [-0.1, -0.05) is 0 Å². The number of nitrogens with zero attached hydrogens (tertiary/aromatic N) is 2. The number of anilines is 1. The number of aromatic amines is 1. The van der Waals surface area contributed by atoms with Crippen LogP contribution < -0.4 is 15.8 Å². The van der Waals surface area contributed by atoms with Gasteiger partial charge in [-0.05, 0) is 19.4 Å². The van der Waals surface area contributed by atoms with Crippen molar-refractivity contribution in [1.82, 2.24) is 15.3 Å². The monoisotopic (exact) mass is 222 g/mol. The molecular formula is C11H18N4O. The summed E-state index contributed by atoms with van der Waals surface area (Å²) in [6, 6.07) is 1.98. The fourth-order valence-corrected chi connectivity index (χ4v) is 1.98. The Balaban J connectivity index is 2.16. The van der Waals surface area contributed by atoms with Crippen LogP contribution >= 0.6 is 0 Å². The van der Waals surface area contributed by atoms with Crippen LogP contribution in [0.15, 0.2) is 10.9 Å². The Kier molecular flexibility index (Phi) is 3.24. The van der Waals surface area contributed by atoms with Gasteiger partial charge < -0.3 is 15.2 Å². The Hall–Kier alpha value is -1.36. The second-order valence-corrected chi connectivity index (χ2v) is 4.44. The number of rotatable bonds is 3. The van der Waals surface area contributed by atoms with E-state index in [1.807, 2.05) is 19.0 Å². The summed E-state index contributed by atoms with van der Waals surface area (Å²) < 4.78 is 0. The lowest BCUT2D eigenvalue weighted by atomic mass is 10.1. The summed E-state index contributed by atoms with van der Waals surface area (Å²) in [4.78, 5) is 20.5. The average molecular weight is 222 g/mol. The topological polar surface area (TPSA) is 61.0 Å². The zero-order valence-corrected chi connectivity index (χ0v) is 9.79. The normalized spacial score (nSPS) is 20.0. The number of H-pyrrole nitrogens is 1. The average Bonchev–Trinajstić information content (AvgIpc) is 2.69. The van der Waals surface area contributed by atoms with Crippen molar-refractivity contribution in [2.24, 2.45) is 0 Å². The van der Waals surface area contributed by atoms with Crippen LogP contribution in [0.5, 0.6) is 0 Å². The smallest absolute Gasteiger partial charge is 0.252 e. The maximum Gasteiger partial charge on any atom is 0.252 e. The Morgan fingerprint density at radius 1 is 1.56 bits per heavy atom. The van der Waals surface area contributed by atoms with Crippen LogP contribution in [-0.2, 0) is 6.42 Å². The van der Waals surface area contributed by atoms with Crippen LogP contribution in [0.4, 0.5) is 5.82 Å². The maximum atomic E-state index is 11.4. The van der Waals surface area contributed by atoms with Crippen LogP contribution in [-0.4, -0.2) is 36.6 Å². The minimum Gasteiger partial charge on any atom is -0.363 e. The molecule has 0 bridgehead atoms. The fourth-order valence-electron chi connectivity index (χ4n) is 1.98. The van der Waals surface area contributed by atoms with Crippen molar-refractivity contribution < 1.29 is 0 Å². The van der Waals surface area contributed by atoms with Crippen molar-refractivity contribution in [2.45, 2.75) is 25.3 Å². The van der Waals surface area contributed by atoms with Crippen molar-refractivity contribution in [2.75, 3.05) is 25.5 Å². The molecule has 0 saturated carbocycles. The van der Waals surface area contributed by atoms with E-state index in [9.17, 15) is 4.79 Å².